The van der Waals surface area contributed by atoms with Crippen molar-refractivity contribution in [1.29, 1.82) is 0 Å². The number of urea groups is 1. The summed E-state index contributed by atoms with van der Waals surface area (Å²) >= 11 is 0. The van der Waals surface area contributed by atoms with E-state index in [9.17, 15) is 4.79 Å². The molecule has 0 spiro atoms. The summed E-state index contributed by atoms with van der Waals surface area (Å²) in [5.41, 5.74) is 4.92. The lowest BCUT2D eigenvalue weighted by Crippen LogP contribution is -2.30. The van der Waals surface area contributed by atoms with Crippen molar-refractivity contribution in [3.63, 3.8) is 0 Å². The SMILES string of the molecule is NC(=O)NCCCC1CCNC1. The van der Waals surface area contributed by atoms with E-state index >= 15 is 0 Å². The number of carbonyl (C=O) groups is 1. The van der Waals surface area contributed by atoms with Crippen LogP contribution in [-0.2, 0) is 0 Å². The highest BCUT2D eigenvalue weighted by Gasteiger charge is 2.13. The van der Waals surface area contributed by atoms with Gasteiger partial charge in [-0.15, -0.1) is 0 Å². The Kier molecular flexibility index (Phi) is 3.87. The minimum absolute atomic E-state index is 0.417. The van der Waals surface area contributed by atoms with Crippen molar-refractivity contribution in [2.24, 2.45) is 11.7 Å². The second kappa shape index (κ2) is 4.98. The Bertz CT molecular complexity index is 143. The van der Waals surface area contributed by atoms with Crippen LogP contribution in [0.3, 0.4) is 0 Å². The summed E-state index contributed by atoms with van der Waals surface area (Å²) in [4.78, 5) is 10.3. The lowest BCUT2D eigenvalue weighted by molar-refractivity contribution is 0.248. The molecule has 1 fully saturated rings. The molecule has 1 saturated heterocycles. The van der Waals surface area contributed by atoms with E-state index in [0.717, 1.165) is 25.4 Å². The van der Waals surface area contributed by atoms with Crippen LogP contribution in [0, 0.1) is 5.92 Å². The zero-order chi connectivity index (χ0) is 8.81. The van der Waals surface area contributed by atoms with Gasteiger partial charge in [-0.25, -0.2) is 4.79 Å². The number of carbonyl (C=O) groups excluding carboxylic acids is 1. The molecule has 0 saturated carbocycles. The smallest absolute Gasteiger partial charge is 0.312 e. The van der Waals surface area contributed by atoms with Crippen molar-refractivity contribution >= 4 is 6.03 Å². The number of amides is 2. The van der Waals surface area contributed by atoms with Gasteiger partial charge in [0.15, 0.2) is 0 Å². The van der Waals surface area contributed by atoms with Crippen LogP contribution in [0.25, 0.3) is 0 Å². The van der Waals surface area contributed by atoms with Gasteiger partial charge in [0, 0.05) is 6.54 Å². The van der Waals surface area contributed by atoms with E-state index in [0.29, 0.717) is 6.54 Å². The molecule has 0 aromatic rings. The molecule has 0 aromatic carbocycles. The summed E-state index contributed by atoms with van der Waals surface area (Å²) in [6.45, 7) is 3.00. The second-order valence-electron chi connectivity index (χ2n) is 3.29. The number of hydrogen-bond donors (Lipinski definition) is 3. The number of primary amides is 1. The van der Waals surface area contributed by atoms with Gasteiger partial charge in [-0.1, -0.05) is 0 Å². The van der Waals surface area contributed by atoms with Gasteiger partial charge in [0.05, 0.1) is 0 Å². The van der Waals surface area contributed by atoms with Crippen molar-refractivity contribution in [3.8, 4) is 0 Å². The lowest BCUT2D eigenvalue weighted by atomic mass is 10.0. The first-order valence-corrected chi connectivity index (χ1v) is 4.53. The molecule has 4 nitrogen and oxygen atoms in total. The van der Waals surface area contributed by atoms with Crippen molar-refractivity contribution in [2.75, 3.05) is 19.6 Å². The van der Waals surface area contributed by atoms with Crippen LogP contribution in [0.5, 0.6) is 0 Å². The standard InChI is InChI=1S/C8H17N3O/c9-8(12)11-4-1-2-7-3-5-10-6-7/h7,10H,1-6H2,(H3,9,11,12). The first-order chi connectivity index (χ1) is 5.79. The molecule has 1 aliphatic heterocycles. The Morgan fingerprint density at radius 1 is 1.67 bits per heavy atom. The highest BCUT2D eigenvalue weighted by molar-refractivity contribution is 5.71. The van der Waals surface area contributed by atoms with Gasteiger partial charge < -0.3 is 16.4 Å². The summed E-state index contributed by atoms with van der Waals surface area (Å²) in [6, 6.07) is -0.417. The molecule has 0 aliphatic carbocycles. The fourth-order valence-corrected chi connectivity index (χ4v) is 1.56. The average Bonchev–Trinajstić information content (AvgIpc) is 2.49. The molecule has 70 valence electrons. The fourth-order valence-electron chi connectivity index (χ4n) is 1.56. The van der Waals surface area contributed by atoms with Gasteiger partial charge >= 0.3 is 6.03 Å². The topological polar surface area (TPSA) is 67.2 Å². The van der Waals surface area contributed by atoms with Crippen LogP contribution in [0.4, 0.5) is 4.79 Å². The van der Waals surface area contributed by atoms with Gasteiger partial charge in [0.25, 0.3) is 0 Å². The predicted molar refractivity (Wildman–Crippen MR) is 47.8 cm³/mol. The molecule has 2 amide bonds. The molecule has 0 aromatic heterocycles. The van der Waals surface area contributed by atoms with E-state index in [1.54, 1.807) is 0 Å². The highest BCUT2D eigenvalue weighted by Crippen LogP contribution is 2.13. The van der Waals surface area contributed by atoms with Gasteiger partial charge in [-0.2, -0.15) is 0 Å². The molecule has 1 rings (SSSR count). The monoisotopic (exact) mass is 171 g/mol. The number of nitrogens with two attached hydrogens (primary N) is 1. The Morgan fingerprint density at radius 2 is 2.50 bits per heavy atom. The predicted octanol–water partition coefficient (Wildman–Crippen LogP) is 0.0444. The maximum absolute atomic E-state index is 10.3. The summed E-state index contributed by atoms with van der Waals surface area (Å²) in [7, 11) is 0. The second-order valence-corrected chi connectivity index (χ2v) is 3.29. The minimum Gasteiger partial charge on any atom is -0.352 e. The number of hydrogen-bond acceptors (Lipinski definition) is 2. The van der Waals surface area contributed by atoms with Crippen molar-refractivity contribution < 1.29 is 4.79 Å². The zero-order valence-electron chi connectivity index (χ0n) is 7.31. The van der Waals surface area contributed by atoms with Gasteiger partial charge in [-0.3, -0.25) is 0 Å². The molecule has 4 heteroatoms. The molecule has 1 atom stereocenters. The van der Waals surface area contributed by atoms with E-state index in [-0.39, 0.29) is 0 Å². The molecule has 0 bridgehead atoms. The maximum atomic E-state index is 10.3. The normalized spacial score (nSPS) is 22.5. The van der Waals surface area contributed by atoms with Crippen LogP contribution in [-0.4, -0.2) is 25.7 Å². The third-order valence-corrected chi connectivity index (χ3v) is 2.25. The Hall–Kier alpha value is -0.770. The lowest BCUT2D eigenvalue weighted by Gasteiger charge is -2.07. The summed E-state index contributed by atoms with van der Waals surface area (Å²) in [5.74, 6) is 0.805. The minimum atomic E-state index is -0.417. The van der Waals surface area contributed by atoms with Crippen molar-refractivity contribution in [1.82, 2.24) is 10.6 Å². The number of rotatable bonds is 4. The summed E-state index contributed by atoms with van der Waals surface area (Å²) in [6.07, 6.45) is 3.50. The van der Waals surface area contributed by atoms with Crippen LogP contribution in [0.2, 0.25) is 0 Å². The zero-order valence-corrected chi connectivity index (χ0v) is 7.31. The molecule has 4 N–H and O–H groups in total. The van der Waals surface area contributed by atoms with E-state index in [2.05, 4.69) is 10.6 Å². The molecule has 1 heterocycles. The van der Waals surface area contributed by atoms with E-state index in [1.165, 1.54) is 12.8 Å². The van der Waals surface area contributed by atoms with E-state index in [1.807, 2.05) is 0 Å². The van der Waals surface area contributed by atoms with Crippen molar-refractivity contribution in [3.05, 3.63) is 0 Å². The molecule has 1 unspecified atom stereocenters. The quantitative estimate of drug-likeness (QED) is 0.523. The molecule has 1 aliphatic rings. The maximum Gasteiger partial charge on any atom is 0.312 e. The summed E-state index contributed by atoms with van der Waals surface area (Å²) < 4.78 is 0. The highest BCUT2D eigenvalue weighted by atomic mass is 16.2. The Labute approximate surface area is 72.9 Å². The van der Waals surface area contributed by atoms with Crippen molar-refractivity contribution in [2.45, 2.75) is 19.3 Å². The molecule has 12 heavy (non-hydrogen) atoms. The van der Waals surface area contributed by atoms with Crippen LogP contribution in [0.15, 0.2) is 0 Å². The molecular formula is C8H17N3O. The third-order valence-electron chi connectivity index (χ3n) is 2.25. The summed E-state index contributed by atoms with van der Waals surface area (Å²) in [5, 5.41) is 5.90. The Morgan fingerprint density at radius 3 is 3.08 bits per heavy atom. The Balaban J connectivity index is 1.91. The van der Waals surface area contributed by atoms with E-state index < -0.39 is 6.03 Å². The largest absolute Gasteiger partial charge is 0.352 e. The van der Waals surface area contributed by atoms with Gasteiger partial charge in [0.2, 0.25) is 0 Å². The number of nitrogens with one attached hydrogen (secondary N) is 2. The van der Waals surface area contributed by atoms with Crippen LogP contribution < -0.4 is 16.4 Å². The van der Waals surface area contributed by atoms with E-state index in [4.69, 9.17) is 5.73 Å². The van der Waals surface area contributed by atoms with Gasteiger partial charge in [0.1, 0.15) is 0 Å². The third kappa shape index (κ3) is 3.57. The fraction of sp³-hybridized carbons (Fsp3) is 0.875. The first-order valence-electron chi connectivity index (χ1n) is 4.53. The first kappa shape index (κ1) is 9.32. The van der Waals surface area contributed by atoms with Gasteiger partial charge in [-0.05, 0) is 38.3 Å². The average molecular weight is 171 g/mol. The molecule has 0 radical (unpaired) electrons. The van der Waals surface area contributed by atoms with Crippen LogP contribution >= 0.6 is 0 Å². The van der Waals surface area contributed by atoms with Crippen LogP contribution in [0.1, 0.15) is 19.3 Å². The molecular weight excluding hydrogens is 154 g/mol.